The molecule has 1 amide bonds. The number of aromatic nitrogens is 2. The lowest BCUT2D eigenvalue weighted by atomic mass is 10.1. The number of carbonyl (C=O) groups is 1. The van der Waals surface area contributed by atoms with Crippen molar-refractivity contribution in [2.24, 2.45) is 7.05 Å². The van der Waals surface area contributed by atoms with E-state index in [0.29, 0.717) is 5.69 Å². The first-order valence-corrected chi connectivity index (χ1v) is 9.66. The summed E-state index contributed by atoms with van der Waals surface area (Å²) in [7, 11) is 3.69. The van der Waals surface area contributed by atoms with Crippen molar-refractivity contribution in [2.75, 3.05) is 11.9 Å². The van der Waals surface area contributed by atoms with E-state index in [1.807, 2.05) is 48.1 Å². The molecule has 6 heteroatoms. The number of aryl methyl sites for hydroxylation is 1. The smallest absolute Gasteiger partial charge is 0.278 e. The van der Waals surface area contributed by atoms with Gasteiger partial charge in [-0.2, -0.15) is 5.10 Å². The van der Waals surface area contributed by atoms with Gasteiger partial charge in [0.1, 0.15) is 0 Å². The van der Waals surface area contributed by atoms with E-state index in [4.69, 9.17) is 0 Å². The van der Waals surface area contributed by atoms with Crippen molar-refractivity contribution >= 4 is 39.3 Å². The topological polar surface area (TPSA) is 38.1 Å². The lowest BCUT2D eigenvalue weighted by Gasteiger charge is -2.19. The fourth-order valence-electron chi connectivity index (χ4n) is 3.09. The quantitative estimate of drug-likeness (QED) is 0.609. The molecule has 3 aromatic rings. The number of carbonyl (C=O) groups excluding carboxylic acids is 1. The molecule has 0 unspecified atom stereocenters. The number of hydrogen-bond acceptors (Lipinski definition) is 3. The van der Waals surface area contributed by atoms with Crippen molar-refractivity contribution in [3.8, 4) is 11.3 Å². The molecule has 2 heterocycles. The van der Waals surface area contributed by atoms with Gasteiger partial charge in [-0.1, -0.05) is 34.1 Å². The maximum atomic E-state index is 13.1. The van der Waals surface area contributed by atoms with Gasteiger partial charge in [-0.3, -0.25) is 9.48 Å². The van der Waals surface area contributed by atoms with E-state index in [9.17, 15) is 4.79 Å². The summed E-state index contributed by atoms with van der Waals surface area (Å²) < 4.78 is 2.82. The van der Waals surface area contributed by atoms with Gasteiger partial charge in [-0.15, -0.1) is 11.8 Å². The Kier molecular flexibility index (Phi) is 4.17. The highest BCUT2D eigenvalue weighted by atomic mass is 79.9. The summed E-state index contributed by atoms with van der Waals surface area (Å²) in [6.07, 6.45) is 0. The molecule has 0 aliphatic carbocycles. The van der Waals surface area contributed by atoms with Gasteiger partial charge in [0.2, 0.25) is 0 Å². The third kappa shape index (κ3) is 2.79. The van der Waals surface area contributed by atoms with E-state index < -0.39 is 0 Å². The Bertz CT molecular complexity index is 965. The van der Waals surface area contributed by atoms with Crippen LogP contribution in [0.3, 0.4) is 0 Å². The van der Waals surface area contributed by atoms with E-state index in [1.165, 1.54) is 4.90 Å². The molecule has 4 rings (SSSR count). The van der Waals surface area contributed by atoms with Gasteiger partial charge >= 0.3 is 0 Å². The average molecular weight is 414 g/mol. The van der Waals surface area contributed by atoms with Crippen LogP contribution in [0.1, 0.15) is 16.1 Å². The molecule has 0 fully saturated rings. The first-order chi connectivity index (χ1) is 12.1. The lowest BCUT2D eigenvalue weighted by Crippen LogP contribution is -2.27. The number of fused-ring (bicyclic) bond motifs is 3. The SMILES string of the molecule is CN(C(=O)c1nn(C)c2c1CSc1ccccc1-2)c1ccc(Br)cc1. The molecule has 126 valence electrons. The van der Waals surface area contributed by atoms with Gasteiger partial charge in [0.25, 0.3) is 5.91 Å². The second kappa shape index (κ2) is 6.35. The Hall–Kier alpha value is -2.05. The van der Waals surface area contributed by atoms with Crippen molar-refractivity contribution in [2.45, 2.75) is 10.6 Å². The second-order valence-electron chi connectivity index (χ2n) is 5.92. The molecule has 1 aliphatic heterocycles. The highest BCUT2D eigenvalue weighted by Gasteiger charge is 2.29. The third-order valence-electron chi connectivity index (χ3n) is 4.38. The van der Waals surface area contributed by atoms with Crippen molar-refractivity contribution in [3.63, 3.8) is 0 Å². The molecular formula is C19H16BrN3OS. The maximum Gasteiger partial charge on any atom is 0.278 e. The summed E-state index contributed by atoms with van der Waals surface area (Å²) >= 11 is 5.18. The van der Waals surface area contributed by atoms with Crippen LogP contribution in [0.25, 0.3) is 11.3 Å². The molecule has 4 nitrogen and oxygen atoms in total. The molecule has 0 bridgehead atoms. The van der Waals surface area contributed by atoms with Crippen LogP contribution in [0.15, 0.2) is 57.9 Å². The Morgan fingerprint density at radius 1 is 1.20 bits per heavy atom. The molecule has 0 saturated carbocycles. The predicted octanol–water partition coefficient (Wildman–Crippen LogP) is 4.73. The van der Waals surface area contributed by atoms with Crippen LogP contribution in [0.4, 0.5) is 5.69 Å². The Morgan fingerprint density at radius 2 is 1.92 bits per heavy atom. The summed E-state index contributed by atoms with van der Waals surface area (Å²) in [5, 5.41) is 4.56. The second-order valence-corrected chi connectivity index (χ2v) is 7.86. The summed E-state index contributed by atoms with van der Waals surface area (Å²) in [5.74, 6) is 0.675. The number of benzene rings is 2. The zero-order chi connectivity index (χ0) is 17.6. The number of halogens is 1. The number of hydrogen-bond donors (Lipinski definition) is 0. The molecule has 25 heavy (non-hydrogen) atoms. The third-order valence-corrected chi connectivity index (χ3v) is 6.01. The van der Waals surface area contributed by atoms with Crippen LogP contribution in [0.5, 0.6) is 0 Å². The molecular weight excluding hydrogens is 398 g/mol. The molecule has 0 N–H and O–H groups in total. The van der Waals surface area contributed by atoms with Crippen LogP contribution in [-0.4, -0.2) is 22.7 Å². The van der Waals surface area contributed by atoms with Crippen LogP contribution in [0, 0.1) is 0 Å². The number of rotatable bonds is 2. The fourth-order valence-corrected chi connectivity index (χ4v) is 4.42. The molecule has 0 saturated heterocycles. The average Bonchev–Trinajstić information content (AvgIpc) is 2.98. The molecule has 0 spiro atoms. The van der Waals surface area contributed by atoms with Crippen molar-refractivity contribution in [1.29, 1.82) is 0 Å². The van der Waals surface area contributed by atoms with Gasteiger partial charge in [0, 0.05) is 46.0 Å². The number of thioether (sulfide) groups is 1. The standard InChI is InChI=1S/C19H16BrN3OS/c1-22(13-9-7-12(20)8-10-13)19(24)17-15-11-25-16-6-4-3-5-14(16)18(15)23(2)21-17/h3-10H,11H2,1-2H3. The first-order valence-electron chi connectivity index (χ1n) is 7.88. The van der Waals surface area contributed by atoms with E-state index in [2.05, 4.69) is 33.2 Å². The number of nitrogens with zero attached hydrogens (tertiary/aromatic N) is 3. The van der Waals surface area contributed by atoms with E-state index in [1.54, 1.807) is 23.7 Å². The van der Waals surface area contributed by atoms with E-state index >= 15 is 0 Å². The van der Waals surface area contributed by atoms with Crippen molar-refractivity contribution < 1.29 is 4.79 Å². The molecule has 2 aromatic carbocycles. The first kappa shape index (κ1) is 16.4. The molecule has 1 aliphatic rings. The minimum atomic E-state index is -0.0841. The monoisotopic (exact) mass is 413 g/mol. The molecule has 0 atom stereocenters. The van der Waals surface area contributed by atoms with Crippen LogP contribution < -0.4 is 4.90 Å². The Labute approximate surface area is 159 Å². The van der Waals surface area contributed by atoms with Crippen molar-refractivity contribution in [1.82, 2.24) is 9.78 Å². The zero-order valence-corrected chi connectivity index (χ0v) is 16.3. The van der Waals surface area contributed by atoms with E-state index in [0.717, 1.165) is 32.7 Å². The Morgan fingerprint density at radius 3 is 2.68 bits per heavy atom. The normalized spacial score (nSPS) is 12.4. The summed E-state index contributed by atoms with van der Waals surface area (Å²) in [4.78, 5) is 15.9. The minimum absolute atomic E-state index is 0.0841. The lowest BCUT2D eigenvalue weighted by molar-refractivity contribution is 0.0987. The van der Waals surface area contributed by atoms with Gasteiger partial charge in [0.15, 0.2) is 5.69 Å². The highest BCUT2D eigenvalue weighted by molar-refractivity contribution is 9.10. The summed E-state index contributed by atoms with van der Waals surface area (Å²) in [6, 6.07) is 16.0. The number of anilines is 1. The predicted molar refractivity (Wildman–Crippen MR) is 105 cm³/mol. The van der Waals surface area contributed by atoms with Crippen molar-refractivity contribution in [3.05, 3.63) is 64.3 Å². The number of amides is 1. The van der Waals surface area contributed by atoms with Gasteiger partial charge in [0.05, 0.1) is 5.69 Å². The highest BCUT2D eigenvalue weighted by Crippen LogP contribution is 2.42. The largest absolute Gasteiger partial charge is 0.310 e. The zero-order valence-electron chi connectivity index (χ0n) is 13.9. The molecule has 1 aromatic heterocycles. The fraction of sp³-hybridized carbons (Fsp3) is 0.158. The van der Waals surface area contributed by atoms with Crippen LogP contribution in [0.2, 0.25) is 0 Å². The molecule has 0 radical (unpaired) electrons. The minimum Gasteiger partial charge on any atom is -0.310 e. The maximum absolute atomic E-state index is 13.1. The Balaban J connectivity index is 1.75. The van der Waals surface area contributed by atoms with Gasteiger partial charge in [-0.25, -0.2) is 0 Å². The summed E-state index contributed by atoms with van der Waals surface area (Å²) in [5.41, 5.74) is 4.58. The summed E-state index contributed by atoms with van der Waals surface area (Å²) in [6.45, 7) is 0. The van der Waals surface area contributed by atoms with Gasteiger partial charge < -0.3 is 4.90 Å². The van der Waals surface area contributed by atoms with E-state index in [-0.39, 0.29) is 5.91 Å². The van der Waals surface area contributed by atoms with Gasteiger partial charge in [-0.05, 0) is 30.3 Å². The van der Waals surface area contributed by atoms with Crippen LogP contribution >= 0.6 is 27.7 Å². The van der Waals surface area contributed by atoms with Crippen LogP contribution in [-0.2, 0) is 12.8 Å².